The number of halogens is 4. The molecule has 1 aromatic carbocycles. The normalized spacial score (nSPS) is 12.6. The van der Waals surface area contributed by atoms with Crippen LogP contribution in [0.4, 0.5) is 13.2 Å². The van der Waals surface area contributed by atoms with Crippen LogP contribution < -0.4 is 10.1 Å². The first-order valence-electron chi connectivity index (χ1n) is 12.5. The van der Waals surface area contributed by atoms with Gasteiger partial charge in [-0.2, -0.15) is 23.4 Å². The van der Waals surface area contributed by atoms with E-state index >= 15 is 0 Å². The lowest BCUT2D eigenvalue weighted by molar-refractivity contribution is -0.138. The Labute approximate surface area is 228 Å². The van der Waals surface area contributed by atoms with Gasteiger partial charge in [-0.05, 0) is 63.1 Å². The number of alkyl halides is 3. The smallest absolute Gasteiger partial charge is 0.417 e. The van der Waals surface area contributed by atoms with Gasteiger partial charge in [0.2, 0.25) is 5.88 Å². The number of rotatable bonds is 8. The number of carbonyl (C=O) groups excluding carboxylic acids is 1. The monoisotopic (exact) mass is 552 g/mol. The SMILES string of the molecule is CC.CC.CC(NC(=O)C(C)(C)Oc1ccc(C(F)(F)F)cn1)C(Cc1ccc(Cl)cc1)c1cccnn1. The molecule has 10 heteroatoms. The fourth-order valence-electron chi connectivity index (χ4n) is 3.32. The Morgan fingerprint density at radius 3 is 2.16 bits per heavy atom. The van der Waals surface area contributed by atoms with Gasteiger partial charge in [-0.15, -0.1) is 0 Å². The molecule has 0 bridgehead atoms. The van der Waals surface area contributed by atoms with Crippen molar-refractivity contribution in [2.24, 2.45) is 0 Å². The molecule has 2 heterocycles. The topological polar surface area (TPSA) is 77.0 Å². The van der Waals surface area contributed by atoms with E-state index < -0.39 is 23.2 Å². The zero-order chi connectivity index (χ0) is 28.9. The molecular formula is C28H36ClF3N4O2. The summed E-state index contributed by atoms with van der Waals surface area (Å²) >= 11 is 5.99. The van der Waals surface area contributed by atoms with E-state index in [0.717, 1.165) is 17.7 Å². The van der Waals surface area contributed by atoms with Gasteiger partial charge >= 0.3 is 6.18 Å². The summed E-state index contributed by atoms with van der Waals surface area (Å²) in [6, 6.07) is 12.6. The minimum absolute atomic E-state index is 0.0903. The number of pyridine rings is 1. The number of ether oxygens (including phenoxy) is 1. The Bertz CT molecular complexity index is 1090. The van der Waals surface area contributed by atoms with Gasteiger partial charge < -0.3 is 10.1 Å². The largest absolute Gasteiger partial charge is 0.462 e. The fraction of sp³-hybridized carbons (Fsp3) is 0.429. The highest BCUT2D eigenvalue weighted by molar-refractivity contribution is 6.30. The lowest BCUT2D eigenvalue weighted by atomic mass is 9.89. The van der Waals surface area contributed by atoms with Gasteiger partial charge in [-0.25, -0.2) is 4.98 Å². The molecule has 208 valence electrons. The van der Waals surface area contributed by atoms with E-state index in [9.17, 15) is 18.0 Å². The van der Waals surface area contributed by atoms with Gasteiger partial charge in [-0.1, -0.05) is 51.4 Å². The Balaban J connectivity index is 0.00000172. The molecule has 0 aliphatic carbocycles. The van der Waals surface area contributed by atoms with Crippen LogP contribution in [0.2, 0.25) is 5.02 Å². The summed E-state index contributed by atoms with van der Waals surface area (Å²) in [5.41, 5.74) is -0.586. The lowest BCUT2D eigenvalue weighted by Crippen LogP contribution is -2.51. The average Bonchev–Trinajstić information content (AvgIpc) is 2.90. The van der Waals surface area contributed by atoms with E-state index in [1.54, 1.807) is 24.4 Å². The standard InChI is InChI=1S/C24H24ClF3N4O2.2C2H6/c1-15(19(20-5-4-12-30-32-20)13-16-6-9-18(25)10-7-16)31-22(33)23(2,3)34-21-11-8-17(14-29-21)24(26,27)28;2*1-2/h4-12,14-15,19H,13H2,1-3H3,(H,31,33);2*1-2H3. The fourth-order valence-corrected chi connectivity index (χ4v) is 3.45. The molecule has 0 radical (unpaired) electrons. The Morgan fingerprint density at radius 1 is 1.03 bits per heavy atom. The summed E-state index contributed by atoms with van der Waals surface area (Å²) < 4.78 is 43.9. The summed E-state index contributed by atoms with van der Waals surface area (Å²) in [6.45, 7) is 12.9. The van der Waals surface area contributed by atoms with E-state index in [0.29, 0.717) is 23.3 Å². The number of hydrogen-bond acceptors (Lipinski definition) is 5. The highest BCUT2D eigenvalue weighted by atomic mass is 35.5. The third-order valence-electron chi connectivity index (χ3n) is 5.27. The third kappa shape index (κ3) is 9.93. The van der Waals surface area contributed by atoms with Gasteiger partial charge in [0, 0.05) is 35.4 Å². The molecule has 0 fully saturated rings. The van der Waals surface area contributed by atoms with Crippen LogP contribution in [0.25, 0.3) is 0 Å². The van der Waals surface area contributed by atoms with Crippen molar-refractivity contribution in [2.45, 2.75) is 78.6 Å². The maximum atomic E-state index is 13.0. The second kappa shape index (κ2) is 15.3. The second-order valence-corrected chi connectivity index (χ2v) is 8.78. The first-order valence-corrected chi connectivity index (χ1v) is 12.9. The molecule has 0 saturated heterocycles. The summed E-state index contributed by atoms with van der Waals surface area (Å²) in [5, 5.41) is 11.7. The molecule has 0 saturated carbocycles. The van der Waals surface area contributed by atoms with Gasteiger partial charge in [0.1, 0.15) is 0 Å². The van der Waals surface area contributed by atoms with Crippen molar-refractivity contribution in [1.82, 2.24) is 20.5 Å². The molecule has 1 amide bonds. The van der Waals surface area contributed by atoms with Gasteiger partial charge in [0.15, 0.2) is 5.60 Å². The summed E-state index contributed by atoms with van der Waals surface area (Å²) in [7, 11) is 0. The minimum Gasteiger partial charge on any atom is -0.462 e. The number of carbonyl (C=O) groups is 1. The Morgan fingerprint density at radius 2 is 1.66 bits per heavy atom. The highest BCUT2D eigenvalue weighted by Gasteiger charge is 2.35. The molecule has 3 aromatic rings. The van der Waals surface area contributed by atoms with Gasteiger partial charge in [0.25, 0.3) is 5.91 Å². The molecule has 38 heavy (non-hydrogen) atoms. The van der Waals surface area contributed by atoms with Crippen LogP contribution in [-0.4, -0.2) is 32.7 Å². The zero-order valence-corrected chi connectivity index (χ0v) is 23.6. The molecule has 3 rings (SSSR count). The third-order valence-corrected chi connectivity index (χ3v) is 5.53. The van der Waals surface area contributed by atoms with Crippen molar-refractivity contribution < 1.29 is 22.7 Å². The molecule has 2 aromatic heterocycles. The van der Waals surface area contributed by atoms with Crippen molar-refractivity contribution in [3.63, 3.8) is 0 Å². The number of nitrogens with zero attached hydrogens (tertiary/aromatic N) is 3. The van der Waals surface area contributed by atoms with Gasteiger partial charge in [-0.3, -0.25) is 4.79 Å². The summed E-state index contributed by atoms with van der Waals surface area (Å²) in [4.78, 5) is 16.7. The zero-order valence-electron chi connectivity index (χ0n) is 22.8. The summed E-state index contributed by atoms with van der Waals surface area (Å²) in [5.74, 6) is -0.752. The first-order chi connectivity index (χ1) is 18.0. The van der Waals surface area contributed by atoms with Crippen molar-refractivity contribution in [1.29, 1.82) is 0 Å². The Hall–Kier alpha value is -3.20. The molecule has 2 unspecified atom stereocenters. The second-order valence-electron chi connectivity index (χ2n) is 8.34. The van der Waals surface area contributed by atoms with Crippen LogP contribution in [-0.2, 0) is 17.4 Å². The van der Waals surface area contributed by atoms with E-state index in [1.807, 2.05) is 52.8 Å². The van der Waals surface area contributed by atoms with Gasteiger partial charge in [0.05, 0.1) is 11.3 Å². The number of benzene rings is 1. The first kappa shape index (κ1) is 32.8. The molecule has 0 aliphatic rings. The maximum Gasteiger partial charge on any atom is 0.417 e. The van der Waals surface area contributed by atoms with Crippen LogP contribution in [0.1, 0.15) is 71.2 Å². The summed E-state index contributed by atoms with van der Waals surface area (Å²) in [6.07, 6.45) is -1.70. The average molecular weight is 553 g/mol. The van der Waals surface area contributed by atoms with Crippen molar-refractivity contribution in [2.75, 3.05) is 0 Å². The quantitative estimate of drug-likeness (QED) is 0.317. The minimum atomic E-state index is -4.51. The van der Waals surface area contributed by atoms with E-state index in [4.69, 9.17) is 16.3 Å². The number of hydrogen-bond donors (Lipinski definition) is 1. The predicted molar refractivity (Wildman–Crippen MR) is 144 cm³/mol. The van der Waals surface area contributed by atoms with Crippen molar-refractivity contribution >= 4 is 17.5 Å². The van der Waals surface area contributed by atoms with Crippen LogP contribution in [0.3, 0.4) is 0 Å². The van der Waals surface area contributed by atoms with Crippen LogP contribution in [0.15, 0.2) is 60.9 Å². The molecule has 6 nitrogen and oxygen atoms in total. The molecule has 0 spiro atoms. The molecule has 2 atom stereocenters. The number of aromatic nitrogens is 3. The lowest BCUT2D eigenvalue weighted by Gasteiger charge is -2.30. The number of nitrogens with one attached hydrogen (secondary N) is 1. The van der Waals surface area contributed by atoms with E-state index in [-0.39, 0.29) is 17.8 Å². The van der Waals surface area contributed by atoms with Crippen LogP contribution >= 0.6 is 11.6 Å². The van der Waals surface area contributed by atoms with E-state index in [1.165, 1.54) is 13.8 Å². The molecule has 0 aliphatic heterocycles. The molecule has 1 N–H and O–H groups in total. The molecular weight excluding hydrogens is 517 g/mol. The number of amides is 1. The Kier molecular flexibility index (Phi) is 13.2. The predicted octanol–water partition coefficient (Wildman–Crippen LogP) is 7.28. The van der Waals surface area contributed by atoms with Crippen molar-refractivity contribution in [3.8, 4) is 5.88 Å². The van der Waals surface area contributed by atoms with E-state index in [2.05, 4.69) is 20.5 Å². The van der Waals surface area contributed by atoms with Crippen LogP contribution in [0, 0.1) is 0 Å². The van der Waals surface area contributed by atoms with Crippen molar-refractivity contribution in [3.05, 3.63) is 82.8 Å². The maximum absolute atomic E-state index is 13.0. The van der Waals surface area contributed by atoms with Crippen LogP contribution in [0.5, 0.6) is 5.88 Å². The highest BCUT2D eigenvalue weighted by Crippen LogP contribution is 2.30.